The molecule has 2 rings (SSSR count). The Morgan fingerprint density at radius 1 is 1.22 bits per heavy atom. The van der Waals surface area contributed by atoms with Gasteiger partial charge in [-0.05, 0) is 49.2 Å². The van der Waals surface area contributed by atoms with Crippen LogP contribution in [0, 0.1) is 13.8 Å². The molecular formula is C14H14N2O2. The molecule has 1 heterocycles. The van der Waals surface area contributed by atoms with E-state index in [4.69, 9.17) is 5.11 Å². The minimum atomic E-state index is -0.906. The zero-order chi connectivity index (χ0) is 13.1. The van der Waals surface area contributed by atoms with E-state index in [0.29, 0.717) is 5.56 Å². The van der Waals surface area contributed by atoms with Crippen molar-refractivity contribution in [3.8, 4) is 0 Å². The molecule has 92 valence electrons. The number of benzene rings is 1. The van der Waals surface area contributed by atoms with E-state index >= 15 is 0 Å². The van der Waals surface area contributed by atoms with Crippen LogP contribution in [0.25, 0.3) is 0 Å². The molecule has 4 nitrogen and oxygen atoms in total. The van der Waals surface area contributed by atoms with Gasteiger partial charge in [-0.2, -0.15) is 0 Å². The molecule has 0 spiro atoms. The minimum absolute atomic E-state index is 0.323. The molecule has 0 atom stereocenters. The van der Waals surface area contributed by atoms with Gasteiger partial charge in [0.05, 0.1) is 17.4 Å². The molecule has 1 aromatic carbocycles. The largest absolute Gasteiger partial charge is 0.478 e. The van der Waals surface area contributed by atoms with Crippen LogP contribution in [0.15, 0.2) is 36.7 Å². The number of nitrogens with zero attached hydrogens (tertiary/aromatic N) is 1. The van der Waals surface area contributed by atoms with E-state index in [0.717, 1.165) is 22.5 Å². The zero-order valence-electron chi connectivity index (χ0n) is 10.3. The maximum atomic E-state index is 10.9. The Kier molecular flexibility index (Phi) is 3.28. The van der Waals surface area contributed by atoms with E-state index in [-0.39, 0.29) is 0 Å². The molecule has 0 fully saturated rings. The number of aromatic carboxylic acids is 1. The number of aryl methyl sites for hydroxylation is 2. The standard InChI is InChI=1S/C14H14N2O2/c1-9-5-6-15-8-13(9)16-11-3-4-12(14(17)18)10(2)7-11/h3-8,16H,1-2H3,(H,17,18). The highest BCUT2D eigenvalue weighted by Gasteiger charge is 2.07. The molecule has 0 aliphatic rings. The van der Waals surface area contributed by atoms with Crippen molar-refractivity contribution in [2.45, 2.75) is 13.8 Å². The van der Waals surface area contributed by atoms with Crippen molar-refractivity contribution in [2.75, 3.05) is 5.32 Å². The Morgan fingerprint density at radius 2 is 2.00 bits per heavy atom. The van der Waals surface area contributed by atoms with E-state index in [9.17, 15) is 4.79 Å². The van der Waals surface area contributed by atoms with Gasteiger partial charge in [0.1, 0.15) is 0 Å². The van der Waals surface area contributed by atoms with Crippen molar-refractivity contribution in [3.05, 3.63) is 53.3 Å². The summed E-state index contributed by atoms with van der Waals surface area (Å²) in [7, 11) is 0. The fraction of sp³-hybridized carbons (Fsp3) is 0.143. The number of carbonyl (C=O) groups is 1. The van der Waals surface area contributed by atoms with Crippen molar-refractivity contribution >= 4 is 17.3 Å². The van der Waals surface area contributed by atoms with Crippen LogP contribution >= 0.6 is 0 Å². The summed E-state index contributed by atoms with van der Waals surface area (Å²) in [4.78, 5) is 15.0. The molecule has 18 heavy (non-hydrogen) atoms. The lowest BCUT2D eigenvalue weighted by atomic mass is 10.1. The number of hydrogen-bond acceptors (Lipinski definition) is 3. The second-order valence-corrected chi connectivity index (χ2v) is 4.15. The van der Waals surface area contributed by atoms with Crippen molar-refractivity contribution in [2.24, 2.45) is 0 Å². The van der Waals surface area contributed by atoms with Crippen LogP contribution in [-0.4, -0.2) is 16.1 Å². The van der Waals surface area contributed by atoms with E-state index in [1.165, 1.54) is 0 Å². The molecule has 2 aromatic rings. The highest BCUT2D eigenvalue weighted by molar-refractivity contribution is 5.90. The van der Waals surface area contributed by atoms with E-state index in [1.54, 1.807) is 31.5 Å². The highest BCUT2D eigenvalue weighted by atomic mass is 16.4. The van der Waals surface area contributed by atoms with Gasteiger partial charge in [0.15, 0.2) is 0 Å². The fourth-order valence-electron chi connectivity index (χ4n) is 1.73. The quantitative estimate of drug-likeness (QED) is 0.868. The van der Waals surface area contributed by atoms with Gasteiger partial charge in [-0.3, -0.25) is 4.98 Å². The van der Waals surface area contributed by atoms with Gasteiger partial charge in [-0.25, -0.2) is 4.79 Å². The van der Waals surface area contributed by atoms with Crippen LogP contribution in [0.4, 0.5) is 11.4 Å². The van der Waals surface area contributed by atoms with Crippen LogP contribution in [0.5, 0.6) is 0 Å². The number of anilines is 2. The molecule has 0 radical (unpaired) electrons. The Morgan fingerprint density at radius 3 is 2.61 bits per heavy atom. The zero-order valence-corrected chi connectivity index (χ0v) is 10.3. The lowest BCUT2D eigenvalue weighted by Crippen LogP contribution is -2.01. The summed E-state index contributed by atoms with van der Waals surface area (Å²) < 4.78 is 0. The predicted molar refractivity (Wildman–Crippen MR) is 70.4 cm³/mol. The monoisotopic (exact) mass is 242 g/mol. The average molecular weight is 242 g/mol. The third kappa shape index (κ3) is 2.48. The first-order chi connectivity index (χ1) is 8.58. The number of nitrogens with one attached hydrogen (secondary N) is 1. The first kappa shape index (κ1) is 12.1. The number of carboxylic acid groups (broad SMARTS) is 1. The van der Waals surface area contributed by atoms with Crippen molar-refractivity contribution in [1.29, 1.82) is 0 Å². The van der Waals surface area contributed by atoms with Crippen LogP contribution in [-0.2, 0) is 0 Å². The molecule has 4 heteroatoms. The Hall–Kier alpha value is -2.36. The van der Waals surface area contributed by atoms with Crippen molar-refractivity contribution in [3.63, 3.8) is 0 Å². The summed E-state index contributed by atoms with van der Waals surface area (Å²) in [5.41, 5.74) is 3.91. The van der Waals surface area contributed by atoms with E-state index in [2.05, 4.69) is 10.3 Å². The molecule has 0 saturated carbocycles. The lowest BCUT2D eigenvalue weighted by molar-refractivity contribution is 0.0696. The van der Waals surface area contributed by atoms with Crippen LogP contribution < -0.4 is 5.32 Å². The Bertz CT molecular complexity index is 594. The van der Waals surface area contributed by atoms with E-state index < -0.39 is 5.97 Å². The first-order valence-electron chi connectivity index (χ1n) is 5.59. The number of rotatable bonds is 3. The molecule has 0 unspecified atom stereocenters. The Labute approximate surface area is 105 Å². The predicted octanol–water partition coefficient (Wildman–Crippen LogP) is 3.14. The number of hydrogen-bond donors (Lipinski definition) is 2. The first-order valence-corrected chi connectivity index (χ1v) is 5.59. The normalized spacial score (nSPS) is 10.1. The summed E-state index contributed by atoms with van der Waals surface area (Å²) in [6.45, 7) is 3.77. The smallest absolute Gasteiger partial charge is 0.335 e. The molecule has 0 aliphatic carbocycles. The molecular weight excluding hydrogens is 228 g/mol. The topological polar surface area (TPSA) is 62.2 Å². The van der Waals surface area contributed by atoms with Crippen LogP contribution in [0.2, 0.25) is 0 Å². The lowest BCUT2D eigenvalue weighted by Gasteiger charge is -2.10. The van der Waals surface area contributed by atoms with Crippen LogP contribution in [0.1, 0.15) is 21.5 Å². The van der Waals surface area contributed by atoms with Gasteiger partial charge in [0, 0.05) is 11.9 Å². The van der Waals surface area contributed by atoms with Crippen LogP contribution in [0.3, 0.4) is 0 Å². The summed E-state index contributed by atoms with van der Waals surface area (Å²) in [5.74, 6) is -0.906. The molecule has 0 aliphatic heterocycles. The third-order valence-electron chi connectivity index (χ3n) is 2.77. The van der Waals surface area contributed by atoms with E-state index in [1.807, 2.05) is 19.1 Å². The SMILES string of the molecule is Cc1ccncc1Nc1ccc(C(=O)O)c(C)c1. The van der Waals surface area contributed by atoms with Gasteiger partial charge >= 0.3 is 5.97 Å². The highest BCUT2D eigenvalue weighted by Crippen LogP contribution is 2.21. The summed E-state index contributed by atoms with van der Waals surface area (Å²) in [5, 5.41) is 12.2. The minimum Gasteiger partial charge on any atom is -0.478 e. The number of pyridine rings is 1. The number of carboxylic acids is 1. The molecule has 2 N–H and O–H groups in total. The summed E-state index contributed by atoms with van der Waals surface area (Å²) in [6, 6.07) is 7.09. The number of aromatic nitrogens is 1. The van der Waals surface area contributed by atoms with Crippen molar-refractivity contribution < 1.29 is 9.90 Å². The Balaban J connectivity index is 2.29. The molecule has 0 bridgehead atoms. The van der Waals surface area contributed by atoms with Gasteiger partial charge in [0.2, 0.25) is 0 Å². The van der Waals surface area contributed by atoms with Gasteiger partial charge in [-0.15, -0.1) is 0 Å². The second kappa shape index (κ2) is 4.87. The third-order valence-corrected chi connectivity index (χ3v) is 2.77. The maximum absolute atomic E-state index is 10.9. The average Bonchev–Trinajstić information content (AvgIpc) is 2.32. The maximum Gasteiger partial charge on any atom is 0.335 e. The van der Waals surface area contributed by atoms with Gasteiger partial charge in [0.25, 0.3) is 0 Å². The van der Waals surface area contributed by atoms with Gasteiger partial charge < -0.3 is 10.4 Å². The summed E-state index contributed by atoms with van der Waals surface area (Å²) in [6.07, 6.45) is 3.48. The molecule has 0 amide bonds. The fourth-order valence-corrected chi connectivity index (χ4v) is 1.73. The van der Waals surface area contributed by atoms with Crippen molar-refractivity contribution in [1.82, 2.24) is 4.98 Å². The van der Waals surface area contributed by atoms with Gasteiger partial charge in [-0.1, -0.05) is 0 Å². The second-order valence-electron chi connectivity index (χ2n) is 4.15. The molecule has 0 saturated heterocycles. The summed E-state index contributed by atoms with van der Waals surface area (Å²) >= 11 is 0. The molecule has 1 aromatic heterocycles.